The number of esters is 1. The van der Waals surface area contributed by atoms with Crippen LogP contribution in [-0.4, -0.2) is 48.0 Å². The first kappa shape index (κ1) is 26.1. The van der Waals surface area contributed by atoms with Crippen LogP contribution >= 0.6 is 0 Å². The molecular weight excluding hydrogens is 402 g/mol. The molecule has 0 bridgehead atoms. The van der Waals surface area contributed by atoms with Crippen LogP contribution in [0, 0.1) is 5.92 Å². The molecule has 172 valence electrons. The smallest absolute Gasteiger partial charge is 0.305 e. The zero-order chi connectivity index (χ0) is 23.4. The van der Waals surface area contributed by atoms with Crippen molar-refractivity contribution in [1.82, 2.24) is 10.6 Å². The number of unbranched alkanes of at least 4 members (excludes halogenated alkanes) is 1. The average molecular weight is 436 g/mol. The summed E-state index contributed by atoms with van der Waals surface area (Å²) >= 11 is 0. The van der Waals surface area contributed by atoms with Gasteiger partial charge in [-0.3, -0.25) is 19.2 Å². The molecule has 2 atom stereocenters. The lowest BCUT2D eigenvalue weighted by atomic mass is 10.0. The molecule has 0 saturated carbocycles. The molecule has 0 radical (unpaired) electrons. The number of hydrogen-bond donors (Lipinski definition) is 4. The molecule has 0 aliphatic heterocycles. The van der Waals surface area contributed by atoms with E-state index in [0.717, 1.165) is 5.56 Å². The molecule has 0 fully saturated rings. The second kappa shape index (κ2) is 13.4. The van der Waals surface area contributed by atoms with Crippen molar-refractivity contribution in [3.8, 4) is 0 Å². The Balaban J connectivity index is 2.54. The molecular formula is C22H33N3O6. The van der Waals surface area contributed by atoms with E-state index in [-0.39, 0.29) is 37.2 Å². The van der Waals surface area contributed by atoms with Crippen LogP contribution in [0.5, 0.6) is 0 Å². The van der Waals surface area contributed by atoms with E-state index >= 15 is 0 Å². The third-order valence-corrected chi connectivity index (χ3v) is 4.68. The molecule has 0 aliphatic carbocycles. The Morgan fingerprint density at radius 1 is 0.935 bits per heavy atom. The van der Waals surface area contributed by atoms with E-state index in [1.807, 2.05) is 0 Å². The number of carbonyl (C=O) groups excluding carboxylic acids is 4. The number of rotatable bonds is 12. The summed E-state index contributed by atoms with van der Waals surface area (Å²) in [5, 5.41) is 17.1. The molecule has 1 rings (SSSR count). The minimum atomic E-state index is -0.816. The van der Waals surface area contributed by atoms with Gasteiger partial charge in [-0.05, 0) is 43.4 Å². The zero-order valence-corrected chi connectivity index (χ0v) is 18.6. The van der Waals surface area contributed by atoms with Gasteiger partial charge < -0.3 is 25.8 Å². The number of ether oxygens (including phenoxy) is 1. The summed E-state index contributed by atoms with van der Waals surface area (Å²) < 4.78 is 4.55. The second-order valence-electron chi connectivity index (χ2n) is 7.65. The van der Waals surface area contributed by atoms with Crippen LogP contribution in [0.15, 0.2) is 24.3 Å². The molecule has 1 aromatic rings. The highest BCUT2D eigenvalue weighted by Crippen LogP contribution is 2.10. The highest BCUT2D eigenvalue weighted by atomic mass is 16.5. The fourth-order valence-corrected chi connectivity index (χ4v) is 2.75. The first-order valence-corrected chi connectivity index (χ1v) is 10.3. The van der Waals surface area contributed by atoms with E-state index in [9.17, 15) is 19.2 Å². The summed E-state index contributed by atoms with van der Waals surface area (Å²) in [6.07, 6.45) is 1.46. The van der Waals surface area contributed by atoms with Gasteiger partial charge in [0.1, 0.15) is 12.1 Å². The standard InChI is InChI=1S/C22H33N3O6/c1-14(2)20(25-18(27)7-5-6-8-19(28)31-4)22(30)23-15(3)21(29)24-17-11-9-16(13-26)10-12-17/h9-12,14-15,20,26H,5-8,13H2,1-4H3,(H,23,30)(H,24,29)(H,25,27)/t15-,20-/m0/s1. The lowest BCUT2D eigenvalue weighted by molar-refractivity contribution is -0.140. The van der Waals surface area contributed by atoms with Gasteiger partial charge in [-0.1, -0.05) is 26.0 Å². The lowest BCUT2D eigenvalue weighted by Crippen LogP contribution is -2.53. The molecule has 0 aliphatic rings. The number of aliphatic hydroxyl groups excluding tert-OH is 1. The van der Waals surface area contributed by atoms with Crippen molar-refractivity contribution >= 4 is 29.4 Å². The van der Waals surface area contributed by atoms with E-state index < -0.39 is 23.9 Å². The lowest BCUT2D eigenvalue weighted by Gasteiger charge is -2.24. The number of hydrogen-bond acceptors (Lipinski definition) is 6. The minimum Gasteiger partial charge on any atom is -0.469 e. The fraction of sp³-hybridized carbons (Fsp3) is 0.545. The summed E-state index contributed by atoms with van der Waals surface area (Å²) in [5.41, 5.74) is 1.27. The Morgan fingerprint density at radius 2 is 1.55 bits per heavy atom. The molecule has 4 N–H and O–H groups in total. The first-order valence-electron chi connectivity index (χ1n) is 10.3. The topological polar surface area (TPSA) is 134 Å². The number of amides is 3. The maximum absolute atomic E-state index is 12.6. The second-order valence-corrected chi connectivity index (χ2v) is 7.65. The van der Waals surface area contributed by atoms with E-state index in [2.05, 4.69) is 20.7 Å². The average Bonchev–Trinajstić information content (AvgIpc) is 2.74. The van der Waals surface area contributed by atoms with Gasteiger partial charge >= 0.3 is 5.97 Å². The van der Waals surface area contributed by atoms with Crippen molar-refractivity contribution in [2.24, 2.45) is 5.92 Å². The van der Waals surface area contributed by atoms with Crippen molar-refractivity contribution < 1.29 is 29.0 Å². The highest BCUT2D eigenvalue weighted by Gasteiger charge is 2.26. The maximum atomic E-state index is 12.6. The molecule has 1 aromatic carbocycles. The van der Waals surface area contributed by atoms with Gasteiger partial charge in [0.15, 0.2) is 0 Å². The number of anilines is 1. The van der Waals surface area contributed by atoms with Gasteiger partial charge in [0, 0.05) is 18.5 Å². The van der Waals surface area contributed by atoms with E-state index in [4.69, 9.17) is 5.11 Å². The summed E-state index contributed by atoms with van der Waals surface area (Å²) in [6, 6.07) is 5.10. The highest BCUT2D eigenvalue weighted by molar-refractivity contribution is 5.98. The summed E-state index contributed by atoms with van der Waals surface area (Å²) in [4.78, 5) is 48.3. The summed E-state index contributed by atoms with van der Waals surface area (Å²) in [5.74, 6) is -1.64. The van der Waals surface area contributed by atoms with Crippen LogP contribution in [0.1, 0.15) is 52.0 Å². The monoisotopic (exact) mass is 435 g/mol. The largest absolute Gasteiger partial charge is 0.469 e. The van der Waals surface area contributed by atoms with Crippen molar-refractivity contribution in [2.45, 2.75) is 65.1 Å². The van der Waals surface area contributed by atoms with Crippen LogP contribution in [0.25, 0.3) is 0 Å². The number of methoxy groups -OCH3 is 1. The van der Waals surface area contributed by atoms with Crippen molar-refractivity contribution in [3.63, 3.8) is 0 Å². The van der Waals surface area contributed by atoms with Gasteiger partial charge in [-0.15, -0.1) is 0 Å². The van der Waals surface area contributed by atoms with Crippen molar-refractivity contribution in [1.29, 1.82) is 0 Å². The van der Waals surface area contributed by atoms with Gasteiger partial charge in [-0.25, -0.2) is 0 Å². The van der Waals surface area contributed by atoms with Gasteiger partial charge in [-0.2, -0.15) is 0 Å². The molecule has 9 heteroatoms. The maximum Gasteiger partial charge on any atom is 0.305 e. The number of aliphatic hydroxyl groups is 1. The summed E-state index contributed by atoms with van der Waals surface area (Å²) in [6.45, 7) is 5.07. The van der Waals surface area contributed by atoms with Gasteiger partial charge in [0.05, 0.1) is 13.7 Å². The predicted octanol–water partition coefficient (Wildman–Crippen LogP) is 1.50. The fourth-order valence-electron chi connectivity index (χ4n) is 2.75. The predicted molar refractivity (Wildman–Crippen MR) is 116 cm³/mol. The third kappa shape index (κ3) is 9.61. The Kier molecular flexibility index (Phi) is 11.3. The van der Waals surface area contributed by atoms with Crippen LogP contribution < -0.4 is 16.0 Å². The summed E-state index contributed by atoms with van der Waals surface area (Å²) in [7, 11) is 1.31. The van der Waals surface area contributed by atoms with Crippen LogP contribution in [0.4, 0.5) is 5.69 Å². The molecule has 0 aromatic heterocycles. The quantitative estimate of drug-likeness (QED) is 0.290. The van der Waals surface area contributed by atoms with Gasteiger partial charge in [0.2, 0.25) is 17.7 Å². The minimum absolute atomic E-state index is 0.0890. The van der Waals surface area contributed by atoms with E-state index in [1.54, 1.807) is 45.0 Å². The molecule has 3 amide bonds. The van der Waals surface area contributed by atoms with Crippen LogP contribution in [0.3, 0.4) is 0 Å². The molecule has 9 nitrogen and oxygen atoms in total. The van der Waals surface area contributed by atoms with Crippen molar-refractivity contribution in [3.05, 3.63) is 29.8 Å². The number of carbonyl (C=O) groups is 4. The van der Waals surface area contributed by atoms with E-state index in [1.165, 1.54) is 7.11 Å². The van der Waals surface area contributed by atoms with Gasteiger partial charge in [0.25, 0.3) is 0 Å². The Bertz CT molecular complexity index is 748. The molecule has 0 spiro atoms. The van der Waals surface area contributed by atoms with Crippen LogP contribution in [-0.2, 0) is 30.5 Å². The molecule has 31 heavy (non-hydrogen) atoms. The Hall–Kier alpha value is -2.94. The zero-order valence-electron chi connectivity index (χ0n) is 18.6. The third-order valence-electron chi connectivity index (χ3n) is 4.68. The van der Waals surface area contributed by atoms with E-state index in [0.29, 0.717) is 18.5 Å². The Morgan fingerprint density at radius 3 is 2.10 bits per heavy atom. The SMILES string of the molecule is COC(=O)CCCCC(=O)N[C@H](C(=O)N[C@@H](C)C(=O)Nc1ccc(CO)cc1)C(C)C. The normalized spacial score (nSPS) is 12.6. The number of benzene rings is 1. The van der Waals surface area contributed by atoms with Crippen LogP contribution in [0.2, 0.25) is 0 Å². The molecule has 0 unspecified atom stereocenters. The first-order chi connectivity index (χ1) is 14.7. The molecule has 0 saturated heterocycles. The molecule has 0 heterocycles. The number of nitrogens with one attached hydrogen (secondary N) is 3. The van der Waals surface area contributed by atoms with Crippen molar-refractivity contribution in [2.75, 3.05) is 12.4 Å². The Labute approximate surface area is 182 Å².